The molecule has 0 radical (unpaired) electrons. The molecule has 146 valence electrons. The summed E-state index contributed by atoms with van der Waals surface area (Å²) in [6, 6.07) is 16.6. The maximum Gasteiger partial charge on any atom is 0.258 e. The lowest BCUT2D eigenvalue weighted by Gasteiger charge is -2.38. The van der Waals surface area contributed by atoms with Crippen LogP contribution in [0, 0.1) is 0 Å². The highest BCUT2D eigenvalue weighted by molar-refractivity contribution is 6.09. The van der Waals surface area contributed by atoms with E-state index in [4.69, 9.17) is 0 Å². The number of hydrogen-bond donors (Lipinski definition) is 1. The summed E-state index contributed by atoms with van der Waals surface area (Å²) in [5.74, 6) is -0.00160. The van der Waals surface area contributed by atoms with Gasteiger partial charge in [-0.25, -0.2) is 0 Å². The number of fused-ring (bicyclic) bond motifs is 1. The summed E-state index contributed by atoms with van der Waals surface area (Å²) in [7, 11) is 1.83. The number of nitrogens with zero attached hydrogens (tertiary/aromatic N) is 3. The van der Waals surface area contributed by atoms with Gasteiger partial charge in [0.15, 0.2) is 0 Å². The Labute approximate surface area is 166 Å². The van der Waals surface area contributed by atoms with Crippen molar-refractivity contribution in [2.75, 3.05) is 43.0 Å². The number of aromatic nitrogens is 1. The maximum absolute atomic E-state index is 13.0. The predicted molar refractivity (Wildman–Crippen MR) is 116 cm³/mol. The summed E-state index contributed by atoms with van der Waals surface area (Å²) in [6.45, 7) is 8.73. The zero-order valence-corrected chi connectivity index (χ0v) is 16.9. The fourth-order valence-corrected chi connectivity index (χ4v) is 3.96. The Kier molecular flexibility index (Phi) is 5.09. The van der Waals surface area contributed by atoms with Crippen LogP contribution in [-0.2, 0) is 0 Å². The molecule has 1 amide bonds. The van der Waals surface area contributed by atoms with E-state index in [-0.39, 0.29) is 5.91 Å². The van der Waals surface area contributed by atoms with Crippen molar-refractivity contribution in [3.05, 3.63) is 60.3 Å². The summed E-state index contributed by atoms with van der Waals surface area (Å²) in [5, 5.41) is 1.10. The molecule has 2 heterocycles. The summed E-state index contributed by atoms with van der Waals surface area (Å²) in [5.41, 5.74) is 3.77. The van der Waals surface area contributed by atoms with E-state index in [9.17, 15) is 4.79 Å². The smallest absolute Gasteiger partial charge is 0.258 e. The van der Waals surface area contributed by atoms with Crippen LogP contribution in [0.4, 0.5) is 11.4 Å². The number of carbonyl (C=O) groups excluding carboxylic acids is 1. The van der Waals surface area contributed by atoms with Crippen LogP contribution in [0.5, 0.6) is 0 Å². The number of hydrogen-bond acceptors (Lipinski definition) is 3. The molecule has 5 nitrogen and oxygen atoms in total. The van der Waals surface area contributed by atoms with Gasteiger partial charge in [-0.15, -0.1) is 0 Å². The monoisotopic (exact) mass is 376 g/mol. The van der Waals surface area contributed by atoms with E-state index in [0.717, 1.165) is 42.8 Å². The van der Waals surface area contributed by atoms with Crippen LogP contribution in [0.25, 0.3) is 10.9 Å². The molecule has 1 aliphatic heterocycles. The van der Waals surface area contributed by atoms with Crippen molar-refractivity contribution < 1.29 is 4.79 Å². The molecule has 0 spiro atoms. The Balaban J connectivity index is 1.48. The number of H-pyrrole nitrogens is 1. The molecule has 2 aromatic carbocycles. The third-order valence-electron chi connectivity index (χ3n) is 5.76. The number of piperazine rings is 1. The number of para-hydroxylation sites is 1. The minimum Gasteiger partial charge on any atom is -0.369 e. The van der Waals surface area contributed by atoms with Crippen LogP contribution in [0.15, 0.2) is 54.7 Å². The quantitative estimate of drug-likeness (QED) is 0.749. The van der Waals surface area contributed by atoms with Crippen LogP contribution >= 0.6 is 0 Å². The zero-order chi connectivity index (χ0) is 19.7. The van der Waals surface area contributed by atoms with Crippen molar-refractivity contribution >= 4 is 28.2 Å². The zero-order valence-electron chi connectivity index (χ0n) is 16.9. The first kappa shape index (κ1) is 18.6. The lowest BCUT2D eigenvalue weighted by molar-refractivity contribution is 0.0993. The molecule has 1 N–H and O–H groups in total. The summed E-state index contributed by atoms with van der Waals surface area (Å²) >= 11 is 0. The van der Waals surface area contributed by atoms with Crippen molar-refractivity contribution in [2.24, 2.45) is 0 Å². The molecule has 5 heteroatoms. The van der Waals surface area contributed by atoms with Gasteiger partial charge in [-0.05, 0) is 50.2 Å². The van der Waals surface area contributed by atoms with Crippen molar-refractivity contribution in [3.8, 4) is 0 Å². The van der Waals surface area contributed by atoms with Crippen molar-refractivity contribution in [1.82, 2.24) is 9.88 Å². The SMILES string of the molecule is CC(C)N1CCN(c2ccc(C(=O)N(C)c3cccc4cc[nH]c34)cc2)CC1. The van der Waals surface area contributed by atoms with E-state index >= 15 is 0 Å². The minimum atomic E-state index is -0.00160. The van der Waals surface area contributed by atoms with Crippen molar-refractivity contribution in [1.29, 1.82) is 0 Å². The normalized spacial score (nSPS) is 15.4. The topological polar surface area (TPSA) is 42.6 Å². The number of amides is 1. The fraction of sp³-hybridized carbons (Fsp3) is 0.348. The number of benzene rings is 2. The van der Waals surface area contributed by atoms with E-state index in [1.807, 2.05) is 49.6 Å². The average Bonchev–Trinajstić information content (AvgIpc) is 3.22. The number of carbonyl (C=O) groups is 1. The Morgan fingerprint density at radius 1 is 1.00 bits per heavy atom. The standard InChI is InChI=1S/C23H28N4O/c1-17(2)26-13-15-27(16-14-26)20-9-7-19(8-10-20)23(28)25(3)21-6-4-5-18-11-12-24-22(18)21/h4-12,17,24H,13-16H2,1-3H3. The van der Waals surface area contributed by atoms with Gasteiger partial charge in [0, 0.05) is 62.1 Å². The average molecular weight is 377 g/mol. The van der Waals surface area contributed by atoms with Gasteiger partial charge < -0.3 is 14.8 Å². The second kappa shape index (κ2) is 7.68. The van der Waals surface area contributed by atoms with Crippen LogP contribution in [-0.4, -0.2) is 55.1 Å². The van der Waals surface area contributed by atoms with Crippen molar-refractivity contribution in [2.45, 2.75) is 19.9 Å². The first-order valence-corrected chi connectivity index (χ1v) is 9.98. The largest absolute Gasteiger partial charge is 0.369 e. The van der Waals surface area contributed by atoms with E-state index in [1.54, 1.807) is 4.90 Å². The highest BCUT2D eigenvalue weighted by atomic mass is 16.2. The number of aromatic amines is 1. The van der Waals surface area contributed by atoms with E-state index in [1.165, 1.54) is 5.69 Å². The fourth-order valence-electron chi connectivity index (χ4n) is 3.96. The highest BCUT2D eigenvalue weighted by Crippen LogP contribution is 2.26. The Morgan fingerprint density at radius 3 is 2.39 bits per heavy atom. The number of rotatable bonds is 4. The predicted octanol–water partition coefficient (Wildman–Crippen LogP) is 3.97. The third kappa shape index (κ3) is 3.50. The van der Waals surface area contributed by atoms with Gasteiger partial charge in [-0.3, -0.25) is 9.69 Å². The molecule has 0 atom stereocenters. The first-order valence-electron chi connectivity index (χ1n) is 9.98. The van der Waals surface area contributed by atoms with Crippen LogP contribution in [0.1, 0.15) is 24.2 Å². The van der Waals surface area contributed by atoms with Crippen molar-refractivity contribution in [3.63, 3.8) is 0 Å². The van der Waals surface area contributed by atoms with Gasteiger partial charge in [0.2, 0.25) is 0 Å². The molecule has 4 rings (SSSR count). The molecule has 0 saturated carbocycles. The molecule has 0 bridgehead atoms. The molecule has 1 fully saturated rings. The molecule has 28 heavy (non-hydrogen) atoms. The van der Waals surface area contributed by atoms with Gasteiger partial charge in [-0.1, -0.05) is 12.1 Å². The lowest BCUT2D eigenvalue weighted by Crippen LogP contribution is -2.48. The summed E-state index contributed by atoms with van der Waals surface area (Å²) in [6.07, 6.45) is 1.90. The van der Waals surface area contributed by atoms with Crippen LogP contribution in [0.2, 0.25) is 0 Å². The van der Waals surface area contributed by atoms with Gasteiger partial charge in [0.25, 0.3) is 5.91 Å². The second-order valence-electron chi connectivity index (χ2n) is 7.75. The first-order chi connectivity index (χ1) is 13.5. The van der Waals surface area contributed by atoms with Gasteiger partial charge in [0.05, 0.1) is 11.2 Å². The molecule has 0 unspecified atom stereocenters. The van der Waals surface area contributed by atoms with Crippen LogP contribution in [0.3, 0.4) is 0 Å². The Morgan fingerprint density at radius 2 is 1.71 bits per heavy atom. The van der Waals surface area contributed by atoms with Crippen LogP contribution < -0.4 is 9.80 Å². The molecule has 1 aromatic heterocycles. The maximum atomic E-state index is 13.0. The summed E-state index contributed by atoms with van der Waals surface area (Å²) in [4.78, 5) is 22.9. The number of nitrogens with one attached hydrogen (secondary N) is 1. The van der Waals surface area contributed by atoms with Gasteiger partial charge >= 0.3 is 0 Å². The van der Waals surface area contributed by atoms with E-state index in [0.29, 0.717) is 11.6 Å². The number of anilines is 2. The molecule has 3 aromatic rings. The van der Waals surface area contributed by atoms with Gasteiger partial charge in [0.1, 0.15) is 0 Å². The lowest BCUT2D eigenvalue weighted by atomic mass is 10.1. The second-order valence-corrected chi connectivity index (χ2v) is 7.75. The molecular weight excluding hydrogens is 348 g/mol. The molecule has 0 aliphatic carbocycles. The van der Waals surface area contributed by atoms with E-state index < -0.39 is 0 Å². The van der Waals surface area contributed by atoms with E-state index in [2.05, 4.69) is 40.8 Å². The Bertz CT molecular complexity index is 952. The summed E-state index contributed by atoms with van der Waals surface area (Å²) < 4.78 is 0. The third-order valence-corrected chi connectivity index (χ3v) is 5.76. The minimum absolute atomic E-state index is 0.00160. The molecule has 1 aliphatic rings. The molecular formula is C23H28N4O. The highest BCUT2D eigenvalue weighted by Gasteiger charge is 2.20. The van der Waals surface area contributed by atoms with Gasteiger partial charge in [-0.2, -0.15) is 0 Å². The Hall–Kier alpha value is -2.79. The molecule has 1 saturated heterocycles.